The van der Waals surface area contributed by atoms with Gasteiger partial charge in [0.2, 0.25) is 0 Å². The van der Waals surface area contributed by atoms with Crippen molar-refractivity contribution in [1.82, 2.24) is 4.57 Å². The van der Waals surface area contributed by atoms with Gasteiger partial charge in [-0.05, 0) is 0 Å². The second kappa shape index (κ2) is 9.87. The summed E-state index contributed by atoms with van der Waals surface area (Å²) in [6.45, 7) is 7.42. The van der Waals surface area contributed by atoms with E-state index in [0.717, 1.165) is 6.54 Å². The van der Waals surface area contributed by atoms with Crippen LogP contribution in [0.3, 0.4) is 0 Å². The van der Waals surface area contributed by atoms with Gasteiger partial charge in [0, 0.05) is 0 Å². The predicted octanol–water partition coefficient (Wildman–Crippen LogP) is 4.25. The summed E-state index contributed by atoms with van der Waals surface area (Å²) in [7, 11) is 0. The number of aromatic nitrogens is 2. The number of benzene rings is 4. The number of hydrogen-bond donors (Lipinski definition) is 0. The quantitative estimate of drug-likeness (QED) is 0.241. The fourth-order valence-corrected chi connectivity index (χ4v) is 10.0. The van der Waals surface area contributed by atoms with Crippen LogP contribution in [0.5, 0.6) is 0 Å². The summed E-state index contributed by atoms with van der Waals surface area (Å²) >= 11 is -1.67. The Balaban J connectivity index is 1.53. The van der Waals surface area contributed by atoms with Crippen molar-refractivity contribution in [2.75, 3.05) is 0 Å². The normalized spacial score (nSPS) is 11.2. The molecule has 5 rings (SSSR count). The fourth-order valence-electron chi connectivity index (χ4n) is 4.84. The molecule has 0 unspecified atom stereocenters. The molecular formula is C31H30AsN2+. The van der Waals surface area contributed by atoms with E-state index < -0.39 is 14.7 Å². The minimum atomic E-state index is -1.67. The Morgan fingerprint density at radius 2 is 1.26 bits per heavy atom. The minimum absolute atomic E-state index is 0.859. The van der Waals surface area contributed by atoms with Crippen molar-refractivity contribution >= 4 is 27.7 Å². The molecule has 5 aromatic rings. The molecule has 0 fully saturated rings. The Bertz CT molecular complexity index is 1340. The van der Waals surface area contributed by atoms with Crippen molar-refractivity contribution in [1.29, 1.82) is 0 Å². The molecule has 1 heterocycles. The zero-order chi connectivity index (χ0) is 23.5. The molecule has 0 amide bonds. The van der Waals surface area contributed by atoms with Gasteiger partial charge in [-0.15, -0.1) is 0 Å². The molecule has 0 saturated heterocycles. The Morgan fingerprint density at radius 1 is 0.706 bits per heavy atom. The first kappa shape index (κ1) is 22.4. The van der Waals surface area contributed by atoms with Gasteiger partial charge < -0.3 is 0 Å². The second-order valence-corrected chi connectivity index (χ2v) is 13.5. The first-order valence-corrected chi connectivity index (χ1v) is 14.5. The molecule has 0 spiro atoms. The van der Waals surface area contributed by atoms with E-state index >= 15 is 0 Å². The van der Waals surface area contributed by atoms with E-state index in [4.69, 9.17) is 0 Å². The second-order valence-electron chi connectivity index (χ2n) is 8.88. The topological polar surface area (TPSA) is 8.81 Å². The Morgan fingerprint density at radius 3 is 1.88 bits per heavy atom. The van der Waals surface area contributed by atoms with Crippen LogP contribution >= 0.6 is 0 Å². The molecule has 4 aromatic carbocycles. The van der Waals surface area contributed by atoms with Crippen molar-refractivity contribution in [2.24, 2.45) is 0 Å². The van der Waals surface area contributed by atoms with E-state index in [0.29, 0.717) is 0 Å². The van der Waals surface area contributed by atoms with Gasteiger partial charge in [-0.25, -0.2) is 0 Å². The summed E-state index contributed by atoms with van der Waals surface area (Å²) in [5, 5.41) is 0. The number of hydrogen-bond acceptors (Lipinski definition) is 0. The third kappa shape index (κ3) is 4.65. The summed E-state index contributed by atoms with van der Waals surface area (Å²) in [6, 6.07) is 35.7. The van der Waals surface area contributed by atoms with Crippen LogP contribution in [0.15, 0.2) is 116 Å². The van der Waals surface area contributed by atoms with E-state index in [9.17, 15) is 0 Å². The van der Waals surface area contributed by atoms with Crippen LogP contribution < -0.4 is 17.6 Å². The van der Waals surface area contributed by atoms with E-state index in [1.807, 2.05) is 0 Å². The Labute approximate surface area is 207 Å². The van der Waals surface area contributed by atoms with Crippen LogP contribution in [-0.4, -0.2) is 19.2 Å². The van der Waals surface area contributed by atoms with E-state index in [-0.39, 0.29) is 0 Å². The number of aryl methyl sites for hydroxylation is 3. The van der Waals surface area contributed by atoms with Crippen LogP contribution in [0.25, 0.3) is 5.69 Å². The van der Waals surface area contributed by atoms with Crippen molar-refractivity contribution in [3.8, 4) is 5.69 Å². The van der Waals surface area contributed by atoms with Crippen LogP contribution in [-0.2, 0) is 6.54 Å². The summed E-state index contributed by atoms with van der Waals surface area (Å²) in [5.74, 6) is 0. The van der Waals surface area contributed by atoms with Crippen molar-refractivity contribution in [3.63, 3.8) is 0 Å². The molecule has 0 N–H and O–H groups in total. The maximum absolute atomic E-state index is 2.35. The van der Waals surface area contributed by atoms with Gasteiger partial charge in [0.25, 0.3) is 0 Å². The van der Waals surface area contributed by atoms with Crippen molar-refractivity contribution in [2.45, 2.75) is 27.3 Å². The van der Waals surface area contributed by atoms with Crippen molar-refractivity contribution in [3.05, 3.63) is 138 Å². The summed E-state index contributed by atoms with van der Waals surface area (Å²) in [4.78, 5) is 0. The molecule has 0 aliphatic rings. The standard InChI is InChI=1S/C31H30AsN2/c1-24-20-25(2)31(26(3)21-24)34-19-18-33(23-34)22-27-12-10-11-17-30(27)32(28-13-6-4-7-14-28)29-15-8-5-9-16-29/h4-21,23H,22H2,1-3H3/q+1. The third-order valence-corrected chi connectivity index (χ3v) is 11.5. The summed E-state index contributed by atoms with van der Waals surface area (Å²) < 4.78 is 8.98. The van der Waals surface area contributed by atoms with Gasteiger partial charge in [-0.3, -0.25) is 0 Å². The Hall–Kier alpha value is -3.35. The third-order valence-electron chi connectivity index (χ3n) is 6.20. The monoisotopic (exact) mass is 505 g/mol. The Kier molecular flexibility index (Phi) is 6.52. The van der Waals surface area contributed by atoms with Gasteiger partial charge in [0.15, 0.2) is 0 Å². The molecular weight excluding hydrogens is 475 g/mol. The molecule has 0 aliphatic carbocycles. The number of nitrogens with zero attached hydrogens (tertiary/aromatic N) is 2. The van der Waals surface area contributed by atoms with Crippen LogP contribution in [0.4, 0.5) is 0 Å². The number of rotatable bonds is 6. The molecule has 0 radical (unpaired) electrons. The SMILES string of the molecule is Cc1cc(C)c(-n2cc[n+](Cc3ccccc3[As](c3ccccc3)c3ccccc3)c2)c(C)c1. The van der Waals surface area contributed by atoms with Crippen LogP contribution in [0.1, 0.15) is 22.3 Å². The van der Waals surface area contributed by atoms with Gasteiger partial charge in [-0.2, -0.15) is 0 Å². The average Bonchev–Trinajstić information content (AvgIpc) is 3.29. The predicted molar refractivity (Wildman–Crippen MR) is 143 cm³/mol. The molecule has 168 valence electrons. The van der Waals surface area contributed by atoms with Gasteiger partial charge in [-0.1, -0.05) is 0 Å². The van der Waals surface area contributed by atoms with Gasteiger partial charge in [0.1, 0.15) is 0 Å². The molecule has 1 aromatic heterocycles. The molecule has 0 saturated carbocycles. The first-order chi connectivity index (χ1) is 16.6. The first-order valence-electron chi connectivity index (χ1n) is 11.7. The molecule has 2 nitrogen and oxygen atoms in total. The van der Waals surface area contributed by atoms with Crippen LogP contribution in [0.2, 0.25) is 0 Å². The van der Waals surface area contributed by atoms with Gasteiger partial charge in [0.05, 0.1) is 0 Å². The average molecular weight is 506 g/mol. The molecule has 0 atom stereocenters. The molecule has 34 heavy (non-hydrogen) atoms. The number of imidazole rings is 1. The van der Waals surface area contributed by atoms with Gasteiger partial charge >= 0.3 is 208 Å². The molecule has 3 heteroatoms. The summed E-state index contributed by atoms with van der Waals surface area (Å²) in [6.07, 6.45) is 6.60. The zero-order valence-corrected chi connectivity index (χ0v) is 21.9. The van der Waals surface area contributed by atoms with E-state index in [1.54, 1.807) is 0 Å². The maximum atomic E-state index is 2.35. The fraction of sp³-hybridized carbons (Fsp3) is 0.129. The van der Waals surface area contributed by atoms with E-state index in [1.165, 1.54) is 41.0 Å². The van der Waals surface area contributed by atoms with Crippen molar-refractivity contribution < 1.29 is 4.57 Å². The zero-order valence-electron chi connectivity index (χ0n) is 20.0. The summed E-state index contributed by atoms with van der Waals surface area (Å²) in [5.41, 5.74) is 6.60. The van der Waals surface area contributed by atoms with Crippen LogP contribution in [0, 0.1) is 20.8 Å². The molecule has 0 aliphatic heterocycles. The molecule has 0 bridgehead atoms. The van der Waals surface area contributed by atoms with E-state index in [2.05, 4.69) is 146 Å².